The second-order valence-corrected chi connectivity index (χ2v) is 8.22. The monoisotopic (exact) mass is 435 g/mol. The van der Waals surface area contributed by atoms with E-state index in [2.05, 4.69) is 20.4 Å². The molecule has 1 aromatic carbocycles. The van der Waals surface area contributed by atoms with Crippen molar-refractivity contribution in [1.82, 2.24) is 19.7 Å². The number of carbonyl (C=O) groups is 1. The molecule has 0 saturated heterocycles. The summed E-state index contributed by atoms with van der Waals surface area (Å²) >= 11 is 0. The Morgan fingerprint density at radius 2 is 2.00 bits per heavy atom. The van der Waals surface area contributed by atoms with Crippen molar-refractivity contribution < 1.29 is 14.3 Å². The van der Waals surface area contributed by atoms with E-state index in [-0.39, 0.29) is 17.9 Å². The highest BCUT2D eigenvalue weighted by molar-refractivity contribution is 5.91. The molecule has 32 heavy (non-hydrogen) atoms. The molecule has 0 aliphatic heterocycles. The lowest BCUT2D eigenvalue weighted by Gasteiger charge is -2.11. The molecule has 2 aliphatic carbocycles. The number of aryl methyl sites for hydroxylation is 1. The first-order valence-electron chi connectivity index (χ1n) is 10.8. The molecule has 0 bridgehead atoms. The zero-order valence-electron chi connectivity index (χ0n) is 18.1. The Morgan fingerprint density at radius 3 is 2.75 bits per heavy atom. The summed E-state index contributed by atoms with van der Waals surface area (Å²) in [6.45, 7) is 0. The SMILES string of the molecule is COc1ccc(CC(=O)Nc2cc(C3CC3)nn2-c2nc3c(c(=O)[nH]2)CCC3)cc1OC. The Hall–Kier alpha value is -3.62. The van der Waals surface area contributed by atoms with Gasteiger partial charge in [0.15, 0.2) is 11.5 Å². The maximum atomic E-state index is 12.9. The van der Waals surface area contributed by atoms with Crippen molar-refractivity contribution in [2.45, 2.75) is 44.4 Å². The first-order valence-corrected chi connectivity index (χ1v) is 10.8. The molecule has 2 N–H and O–H groups in total. The van der Waals surface area contributed by atoms with Gasteiger partial charge in [-0.15, -0.1) is 0 Å². The average Bonchev–Trinajstić information content (AvgIpc) is 3.37. The van der Waals surface area contributed by atoms with Gasteiger partial charge in [-0.1, -0.05) is 6.07 Å². The molecule has 0 spiro atoms. The van der Waals surface area contributed by atoms with Gasteiger partial charge in [0.2, 0.25) is 11.9 Å². The summed E-state index contributed by atoms with van der Waals surface area (Å²) in [7, 11) is 3.13. The van der Waals surface area contributed by atoms with Crippen LogP contribution in [0.5, 0.6) is 11.5 Å². The van der Waals surface area contributed by atoms with Gasteiger partial charge in [-0.25, -0.2) is 4.98 Å². The Bertz CT molecular complexity index is 1240. The fourth-order valence-electron chi connectivity index (χ4n) is 4.12. The number of methoxy groups -OCH3 is 2. The molecule has 2 heterocycles. The van der Waals surface area contributed by atoms with Crippen molar-refractivity contribution in [3.8, 4) is 17.4 Å². The number of amides is 1. The molecule has 9 heteroatoms. The maximum Gasteiger partial charge on any atom is 0.255 e. The number of anilines is 1. The quantitative estimate of drug-likeness (QED) is 0.590. The summed E-state index contributed by atoms with van der Waals surface area (Å²) in [4.78, 5) is 32.8. The van der Waals surface area contributed by atoms with Crippen LogP contribution in [0.3, 0.4) is 0 Å². The van der Waals surface area contributed by atoms with E-state index in [0.717, 1.165) is 54.6 Å². The van der Waals surface area contributed by atoms with Gasteiger partial charge in [0.1, 0.15) is 5.82 Å². The van der Waals surface area contributed by atoms with Crippen molar-refractivity contribution in [2.24, 2.45) is 0 Å². The number of benzene rings is 1. The Balaban J connectivity index is 1.42. The molecule has 9 nitrogen and oxygen atoms in total. The van der Waals surface area contributed by atoms with Gasteiger partial charge in [-0.05, 0) is 49.8 Å². The van der Waals surface area contributed by atoms with Crippen molar-refractivity contribution in [3.05, 3.63) is 57.1 Å². The van der Waals surface area contributed by atoms with E-state index in [0.29, 0.717) is 29.2 Å². The minimum Gasteiger partial charge on any atom is -0.493 e. The molecule has 2 aromatic heterocycles. The fourth-order valence-corrected chi connectivity index (χ4v) is 4.12. The van der Waals surface area contributed by atoms with Crippen molar-refractivity contribution in [1.29, 1.82) is 0 Å². The van der Waals surface area contributed by atoms with Crippen LogP contribution in [-0.4, -0.2) is 39.9 Å². The number of aromatic amines is 1. The third kappa shape index (κ3) is 3.86. The molecule has 0 atom stereocenters. The minimum atomic E-state index is -0.204. The molecule has 3 aromatic rings. The smallest absolute Gasteiger partial charge is 0.255 e. The summed E-state index contributed by atoms with van der Waals surface area (Å²) in [5, 5.41) is 7.59. The van der Waals surface area contributed by atoms with Gasteiger partial charge in [0, 0.05) is 17.5 Å². The van der Waals surface area contributed by atoms with Crippen LogP contribution >= 0.6 is 0 Å². The summed E-state index contributed by atoms with van der Waals surface area (Å²) < 4.78 is 12.1. The van der Waals surface area contributed by atoms with Crippen molar-refractivity contribution in [2.75, 3.05) is 19.5 Å². The van der Waals surface area contributed by atoms with E-state index in [1.165, 1.54) is 0 Å². The molecule has 2 aliphatic rings. The van der Waals surface area contributed by atoms with E-state index < -0.39 is 0 Å². The predicted octanol–water partition coefficient (Wildman–Crippen LogP) is 2.52. The van der Waals surface area contributed by atoms with Gasteiger partial charge >= 0.3 is 0 Å². The summed E-state index contributed by atoms with van der Waals surface area (Å²) in [5.74, 6) is 2.19. The van der Waals surface area contributed by atoms with Crippen LogP contribution in [-0.2, 0) is 24.1 Å². The maximum absolute atomic E-state index is 12.9. The molecule has 1 saturated carbocycles. The first kappa shape index (κ1) is 20.3. The van der Waals surface area contributed by atoms with Gasteiger partial charge in [0.05, 0.1) is 32.0 Å². The standard InChI is InChI=1S/C23H25N5O4/c1-31-18-9-6-13(10-19(18)32-2)11-21(29)25-20-12-17(14-7-8-14)27-28(20)23-24-16-5-3-4-15(16)22(30)26-23/h6,9-10,12,14H,3-5,7-8,11H2,1-2H3,(H,25,29)(H,24,26,30). The Labute approximate surface area is 184 Å². The number of ether oxygens (including phenoxy) is 2. The van der Waals surface area contributed by atoms with E-state index >= 15 is 0 Å². The lowest BCUT2D eigenvalue weighted by atomic mass is 10.1. The van der Waals surface area contributed by atoms with Crippen LogP contribution in [0.25, 0.3) is 5.95 Å². The molecule has 5 rings (SSSR count). The van der Waals surface area contributed by atoms with Crippen LogP contribution in [0, 0.1) is 0 Å². The lowest BCUT2D eigenvalue weighted by Crippen LogP contribution is -2.21. The highest BCUT2D eigenvalue weighted by Gasteiger charge is 2.29. The zero-order chi connectivity index (χ0) is 22.2. The van der Waals surface area contributed by atoms with E-state index in [4.69, 9.17) is 9.47 Å². The normalized spacial score (nSPS) is 14.8. The molecule has 1 amide bonds. The summed E-state index contributed by atoms with van der Waals surface area (Å²) in [6, 6.07) is 7.26. The number of fused-ring (bicyclic) bond motifs is 1. The fraction of sp³-hybridized carbons (Fsp3) is 0.391. The first-order chi connectivity index (χ1) is 15.6. The highest BCUT2D eigenvalue weighted by atomic mass is 16.5. The second-order valence-electron chi connectivity index (χ2n) is 8.22. The summed E-state index contributed by atoms with van der Waals surface area (Å²) in [5.41, 5.74) is 3.12. The second kappa shape index (κ2) is 8.14. The van der Waals surface area contributed by atoms with E-state index in [1.807, 2.05) is 12.1 Å². The summed E-state index contributed by atoms with van der Waals surface area (Å²) in [6.07, 6.45) is 4.76. The van der Waals surface area contributed by atoms with Crippen molar-refractivity contribution in [3.63, 3.8) is 0 Å². The zero-order valence-corrected chi connectivity index (χ0v) is 18.1. The van der Waals surface area contributed by atoms with Crippen LogP contribution < -0.4 is 20.3 Å². The van der Waals surface area contributed by atoms with Crippen LogP contribution in [0.2, 0.25) is 0 Å². The third-order valence-corrected chi connectivity index (χ3v) is 5.93. The van der Waals surface area contributed by atoms with Gasteiger partial charge in [0.25, 0.3) is 5.56 Å². The number of nitrogens with zero attached hydrogens (tertiary/aromatic N) is 3. The van der Waals surface area contributed by atoms with Gasteiger partial charge in [-0.3, -0.25) is 14.6 Å². The number of hydrogen-bond acceptors (Lipinski definition) is 6. The highest BCUT2D eigenvalue weighted by Crippen LogP contribution is 2.40. The number of nitrogens with one attached hydrogen (secondary N) is 2. The number of H-pyrrole nitrogens is 1. The van der Waals surface area contributed by atoms with E-state index in [9.17, 15) is 9.59 Å². The Kier molecular flexibility index (Phi) is 5.16. The average molecular weight is 435 g/mol. The minimum absolute atomic E-state index is 0.131. The molecule has 0 radical (unpaired) electrons. The number of carbonyl (C=O) groups excluding carboxylic acids is 1. The van der Waals surface area contributed by atoms with Crippen LogP contribution in [0.4, 0.5) is 5.82 Å². The van der Waals surface area contributed by atoms with Crippen LogP contribution in [0.1, 0.15) is 47.7 Å². The third-order valence-electron chi connectivity index (χ3n) is 5.93. The molecule has 1 fully saturated rings. The topological polar surface area (TPSA) is 111 Å². The molecular weight excluding hydrogens is 410 g/mol. The van der Waals surface area contributed by atoms with Gasteiger partial charge < -0.3 is 14.8 Å². The lowest BCUT2D eigenvalue weighted by molar-refractivity contribution is -0.115. The van der Waals surface area contributed by atoms with E-state index in [1.54, 1.807) is 31.0 Å². The van der Waals surface area contributed by atoms with Crippen molar-refractivity contribution >= 4 is 11.7 Å². The Morgan fingerprint density at radius 1 is 1.19 bits per heavy atom. The molecule has 0 unspecified atom stereocenters. The molecular formula is C23H25N5O4. The largest absolute Gasteiger partial charge is 0.493 e. The number of hydrogen-bond donors (Lipinski definition) is 2. The number of aromatic nitrogens is 4. The molecule has 166 valence electrons. The number of rotatable bonds is 7. The van der Waals surface area contributed by atoms with Gasteiger partial charge in [-0.2, -0.15) is 9.78 Å². The predicted molar refractivity (Wildman–Crippen MR) is 118 cm³/mol. The van der Waals surface area contributed by atoms with Crippen LogP contribution in [0.15, 0.2) is 29.1 Å².